The molecule has 0 bridgehead atoms. The number of halogens is 2. The lowest BCUT2D eigenvalue weighted by molar-refractivity contribution is 0.324. The third kappa shape index (κ3) is 3.80. The number of methoxy groups -OCH3 is 3. The molecule has 1 aromatic heterocycles. The normalized spacial score (nSPS) is 10.6. The van der Waals surface area contributed by atoms with Crippen molar-refractivity contribution in [2.75, 3.05) is 21.3 Å². The van der Waals surface area contributed by atoms with E-state index in [2.05, 4.69) is 5.10 Å². The molecule has 0 N–H and O–H groups in total. The second-order valence-corrected chi connectivity index (χ2v) is 6.24. The van der Waals surface area contributed by atoms with E-state index in [1.54, 1.807) is 24.3 Å². The highest BCUT2D eigenvalue weighted by molar-refractivity contribution is 6.31. The van der Waals surface area contributed by atoms with Gasteiger partial charge < -0.3 is 14.2 Å². The van der Waals surface area contributed by atoms with Gasteiger partial charge in [-0.3, -0.25) is 4.79 Å². The van der Waals surface area contributed by atoms with E-state index in [1.807, 2.05) is 0 Å². The Morgan fingerprint density at radius 1 is 1.04 bits per heavy atom. The minimum atomic E-state index is -0.501. The molecule has 146 valence electrons. The number of ether oxygens (including phenoxy) is 3. The highest BCUT2D eigenvalue weighted by Gasteiger charge is 2.16. The van der Waals surface area contributed by atoms with Crippen LogP contribution in [0, 0.1) is 5.82 Å². The van der Waals surface area contributed by atoms with E-state index in [-0.39, 0.29) is 22.7 Å². The molecule has 0 radical (unpaired) electrons. The molecule has 0 saturated carbocycles. The van der Waals surface area contributed by atoms with Crippen LogP contribution in [0.1, 0.15) is 5.56 Å². The van der Waals surface area contributed by atoms with Crippen molar-refractivity contribution in [2.24, 2.45) is 0 Å². The molecule has 0 amide bonds. The zero-order valence-electron chi connectivity index (χ0n) is 15.5. The predicted octanol–water partition coefficient (Wildman–Crippen LogP) is 3.78. The van der Waals surface area contributed by atoms with E-state index in [9.17, 15) is 9.18 Å². The number of hydrogen-bond acceptors (Lipinski definition) is 5. The van der Waals surface area contributed by atoms with Gasteiger partial charge in [-0.1, -0.05) is 17.7 Å². The molecule has 6 nitrogen and oxygen atoms in total. The van der Waals surface area contributed by atoms with Gasteiger partial charge in [-0.15, -0.1) is 0 Å². The first-order valence-corrected chi connectivity index (χ1v) is 8.67. The number of hydrogen-bond donors (Lipinski definition) is 0. The Morgan fingerprint density at radius 3 is 2.29 bits per heavy atom. The summed E-state index contributed by atoms with van der Waals surface area (Å²) in [7, 11) is 4.53. The molecular formula is C20H18ClFN2O4. The molecule has 0 atom stereocenters. The molecule has 1 heterocycles. The van der Waals surface area contributed by atoms with Gasteiger partial charge in [0.1, 0.15) is 5.82 Å². The van der Waals surface area contributed by atoms with Gasteiger partial charge in [-0.2, -0.15) is 5.10 Å². The van der Waals surface area contributed by atoms with Crippen molar-refractivity contribution in [3.05, 3.63) is 69.2 Å². The summed E-state index contributed by atoms with van der Waals surface area (Å²) in [4.78, 5) is 12.2. The Balaban J connectivity index is 2.08. The van der Waals surface area contributed by atoms with E-state index >= 15 is 0 Å². The van der Waals surface area contributed by atoms with Gasteiger partial charge in [0.05, 0.1) is 33.6 Å². The van der Waals surface area contributed by atoms with Crippen LogP contribution in [0.5, 0.6) is 17.2 Å². The highest BCUT2D eigenvalue weighted by Crippen LogP contribution is 2.40. The lowest BCUT2D eigenvalue weighted by Gasteiger charge is -2.14. The van der Waals surface area contributed by atoms with Crippen LogP contribution >= 0.6 is 11.6 Å². The van der Waals surface area contributed by atoms with Crippen LogP contribution in [0.25, 0.3) is 11.3 Å². The largest absolute Gasteiger partial charge is 0.493 e. The lowest BCUT2D eigenvalue weighted by Crippen LogP contribution is -2.23. The average Bonchev–Trinajstić information content (AvgIpc) is 2.70. The molecule has 0 aliphatic rings. The minimum Gasteiger partial charge on any atom is -0.493 e. The zero-order valence-corrected chi connectivity index (χ0v) is 16.3. The number of benzene rings is 2. The van der Waals surface area contributed by atoms with Crippen molar-refractivity contribution in [1.29, 1.82) is 0 Å². The van der Waals surface area contributed by atoms with E-state index in [1.165, 1.54) is 39.5 Å². The number of nitrogens with zero attached hydrogens (tertiary/aromatic N) is 2. The summed E-state index contributed by atoms with van der Waals surface area (Å²) in [6.45, 7) is -0.0946. The molecule has 0 aliphatic heterocycles. The monoisotopic (exact) mass is 404 g/mol. The van der Waals surface area contributed by atoms with Crippen molar-refractivity contribution < 1.29 is 18.6 Å². The van der Waals surface area contributed by atoms with E-state index in [4.69, 9.17) is 25.8 Å². The van der Waals surface area contributed by atoms with E-state index in [0.29, 0.717) is 28.5 Å². The van der Waals surface area contributed by atoms with Crippen LogP contribution in [0.15, 0.2) is 47.3 Å². The van der Waals surface area contributed by atoms with Crippen LogP contribution in [-0.2, 0) is 6.54 Å². The van der Waals surface area contributed by atoms with Crippen LogP contribution in [-0.4, -0.2) is 31.1 Å². The Bertz CT molecular complexity index is 1020. The Morgan fingerprint density at radius 2 is 1.71 bits per heavy atom. The summed E-state index contributed by atoms with van der Waals surface area (Å²) in [5.41, 5.74) is 0.936. The van der Waals surface area contributed by atoms with Gasteiger partial charge in [-0.25, -0.2) is 9.07 Å². The fourth-order valence-corrected chi connectivity index (χ4v) is 3.00. The van der Waals surface area contributed by atoms with Crippen LogP contribution in [0.3, 0.4) is 0 Å². The maximum Gasteiger partial charge on any atom is 0.267 e. The summed E-state index contributed by atoms with van der Waals surface area (Å²) in [5.74, 6) is 0.849. The summed E-state index contributed by atoms with van der Waals surface area (Å²) in [6.07, 6.45) is 0. The number of aromatic nitrogens is 2. The fraction of sp³-hybridized carbons (Fsp3) is 0.200. The van der Waals surface area contributed by atoms with Crippen molar-refractivity contribution in [2.45, 2.75) is 6.54 Å². The third-order valence-corrected chi connectivity index (χ3v) is 4.55. The van der Waals surface area contributed by atoms with Crippen molar-refractivity contribution in [3.63, 3.8) is 0 Å². The molecule has 28 heavy (non-hydrogen) atoms. The second kappa shape index (κ2) is 8.31. The lowest BCUT2D eigenvalue weighted by atomic mass is 10.1. The van der Waals surface area contributed by atoms with Crippen LogP contribution in [0.4, 0.5) is 4.39 Å². The summed E-state index contributed by atoms with van der Waals surface area (Å²) in [6, 6.07) is 10.7. The minimum absolute atomic E-state index is 0.0946. The number of rotatable bonds is 6. The summed E-state index contributed by atoms with van der Waals surface area (Å²) >= 11 is 6.07. The Labute approximate surface area is 166 Å². The molecule has 0 spiro atoms. The maximum absolute atomic E-state index is 14.1. The van der Waals surface area contributed by atoms with Gasteiger partial charge in [0.25, 0.3) is 5.56 Å². The molecule has 3 aromatic rings. The van der Waals surface area contributed by atoms with Gasteiger partial charge >= 0.3 is 0 Å². The van der Waals surface area contributed by atoms with E-state index in [0.717, 1.165) is 4.68 Å². The van der Waals surface area contributed by atoms with E-state index < -0.39 is 5.82 Å². The average molecular weight is 405 g/mol. The molecular weight excluding hydrogens is 387 g/mol. The molecule has 8 heteroatoms. The standard InChI is InChI=1S/C20H18ClFN2O4/c1-26-17-9-12(10-18(27-2)20(17)28-3)16-7-8-19(25)24(23-16)11-13-14(21)5-4-6-15(13)22/h4-10H,11H2,1-3H3. The first-order chi connectivity index (χ1) is 13.5. The Kier molecular flexibility index (Phi) is 5.84. The molecule has 0 aliphatic carbocycles. The first kappa shape index (κ1) is 19.7. The molecule has 0 fully saturated rings. The fourth-order valence-electron chi connectivity index (χ4n) is 2.78. The predicted molar refractivity (Wildman–Crippen MR) is 104 cm³/mol. The third-order valence-electron chi connectivity index (χ3n) is 4.20. The molecule has 2 aromatic carbocycles. The molecule has 3 rings (SSSR count). The van der Waals surface area contributed by atoms with Gasteiger partial charge in [0.15, 0.2) is 11.5 Å². The smallest absolute Gasteiger partial charge is 0.267 e. The topological polar surface area (TPSA) is 62.6 Å². The second-order valence-electron chi connectivity index (χ2n) is 5.83. The summed E-state index contributed by atoms with van der Waals surface area (Å²) in [5, 5.41) is 4.58. The van der Waals surface area contributed by atoms with Crippen molar-refractivity contribution >= 4 is 11.6 Å². The maximum atomic E-state index is 14.1. The van der Waals surface area contributed by atoms with Gasteiger partial charge in [0, 0.05) is 22.2 Å². The molecule has 0 unspecified atom stereocenters. The zero-order chi connectivity index (χ0) is 20.3. The first-order valence-electron chi connectivity index (χ1n) is 8.30. The molecule has 0 saturated heterocycles. The highest BCUT2D eigenvalue weighted by atomic mass is 35.5. The van der Waals surface area contributed by atoms with Crippen molar-refractivity contribution in [1.82, 2.24) is 9.78 Å². The van der Waals surface area contributed by atoms with Gasteiger partial charge in [-0.05, 0) is 30.3 Å². The van der Waals surface area contributed by atoms with Crippen LogP contribution in [0.2, 0.25) is 5.02 Å². The summed E-state index contributed by atoms with van der Waals surface area (Å²) < 4.78 is 31.3. The Hall–Kier alpha value is -3.06. The quantitative estimate of drug-likeness (QED) is 0.625. The van der Waals surface area contributed by atoms with Crippen molar-refractivity contribution in [3.8, 4) is 28.5 Å². The SMILES string of the molecule is COc1cc(-c2ccc(=O)n(Cc3c(F)cccc3Cl)n2)cc(OC)c1OC. The van der Waals surface area contributed by atoms with Crippen LogP contribution < -0.4 is 19.8 Å². The van der Waals surface area contributed by atoms with Gasteiger partial charge in [0.2, 0.25) is 5.75 Å².